The highest BCUT2D eigenvalue weighted by Crippen LogP contribution is 2.16. The number of nitrogens with zero attached hydrogens (tertiary/aromatic N) is 5. The van der Waals surface area contributed by atoms with Crippen molar-refractivity contribution in [2.75, 3.05) is 36.8 Å². The summed E-state index contributed by atoms with van der Waals surface area (Å²) in [6.07, 6.45) is 3.74. The Morgan fingerprint density at radius 1 is 1.19 bits per heavy atom. The molecular weight excluding hydrogens is 264 g/mol. The molecular formula is C15H20N6. The van der Waals surface area contributed by atoms with Crippen LogP contribution in [0, 0.1) is 6.92 Å². The van der Waals surface area contributed by atoms with E-state index in [1.807, 2.05) is 31.5 Å². The molecule has 0 atom stereocenters. The van der Waals surface area contributed by atoms with Crippen LogP contribution in [-0.4, -0.2) is 46.0 Å². The number of hydrogen-bond donors (Lipinski definition) is 1. The maximum atomic E-state index is 5.73. The molecule has 6 nitrogen and oxygen atoms in total. The molecule has 21 heavy (non-hydrogen) atoms. The quantitative estimate of drug-likeness (QED) is 0.909. The normalized spacial score (nSPS) is 16.1. The summed E-state index contributed by atoms with van der Waals surface area (Å²) in [5.41, 5.74) is 7.90. The van der Waals surface area contributed by atoms with Crippen LogP contribution >= 0.6 is 0 Å². The topological polar surface area (TPSA) is 71.2 Å². The van der Waals surface area contributed by atoms with Crippen molar-refractivity contribution in [3.8, 4) is 0 Å². The van der Waals surface area contributed by atoms with Gasteiger partial charge >= 0.3 is 0 Å². The molecule has 1 fully saturated rings. The lowest BCUT2D eigenvalue weighted by Crippen LogP contribution is -2.46. The first kappa shape index (κ1) is 13.8. The number of aryl methyl sites for hydroxylation is 1. The molecule has 0 radical (unpaired) electrons. The van der Waals surface area contributed by atoms with Gasteiger partial charge in [-0.05, 0) is 18.6 Å². The van der Waals surface area contributed by atoms with Crippen molar-refractivity contribution in [3.05, 3.63) is 41.9 Å². The summed E-state index contributed by atoms with van der Waals surface area (Å²) in [6, 6.07) is 6.10. The summed E-state index contributed by atoms with van der Waals surface area (Å²) in [4.78, 5) is 17.3. The molecule has 0 unspecified atom stereocenters. The number of rotatable bonds is 3. The second-order valence-corrected chi connectivity index (χ2v) is 5.35. The van der Waals surface area contributed by atoms with Crippen LogP contribution in [0.25, 0.3) is 0 Å². The average Bonchev–Trinajstić information content (AvgIpc) is 2.48. The highest BCUT2D eigenvalue weighted by Gasteiger charge is 2.18. The Bertz CT molecular complexity index is 572. The van der Waals surface area contributed by atoms with Crippen molar-refractivity contribution in [1.82, 2.24) is 19.9 Å². The monoisotopic (exact) mass is 284 g/mol. The fraction of sp³-hybridized carbons (Fsp3) is 0.400. The van der Waals surface area contributed by atoms with Crippen molar-refractivity contribution in [1.29, 1.82) is 0 Å². The summed E-state index contributed by atoms with van der Waals surface area (Å²) >= 11 is 0. The van der Waals surface area contributed by atoms with Crippen molar-refractivity contribution >= 4 is 11.8 Å². The summed E-state index contributed by atoms with van der Waals surface area (Å²) in [5, 5.41) is 0. The van der Waals surface area contributed by atoms with E-state index in [-0.39, 0.29) is 0 Å². The lowest BCUT2D eigenvalue weighted by atomic mass is 10.2. The Morgan fingerprint density at radius 3 is 2.67 bits per heavy atom. The van der Waals surface area contributed by atoms with E-state index in [1.165, 1.54) is 5.56 Å². The van der Waals surface area contributed by atoms with Gasteiger partial charge in [-0.2, -0.15) is 4.98 Å². The fourth-order valence-corrected chi connectivity index (χ4v) is 2.62. The first-order valence-corrected chi connectivity index (χ1v) is 7.18. The predicted octanol–water partition coefficient (Wildman–Crippen LogP) is 1.08. The van der Waals surface area contributed by atoms with Gasteiger partial charge in [0, 0.05) is 56.9 Å². The Hall–Kier alpha value is -2.21. The van der Waals surface area contributed by atoms with Gasteiger partial charge in [-0.25, -0.2) is 4.98 Å². The molecule has 0 bridgehead atoms. The molecule has 1 saturated heterocycles. The number of nitrogens with two attached hydrogens (primary N) is 1. The summed E-state index contributed by atoms with van der Waals surface area (Å²) in [6.45, 7) is 6.83. The lowest BCUT2D eigenvalue weighted by molar-refractivity contribution is 0.249. The van der Waals surface area contributed by atoms with Crippen LogP contribution in [-0.2, 0) is 6.54 Å². The number of anilines is 2. The van der Waals surface area contributed by atoms with Gasteiger partial charge in [-0.15, -0.1) is 0 Å². The van der Waals surface area contributed by atoms with E-state index < -0.39 is 0 Å². The predicted molar refractivity (Wildman–Crippen MR) is 82.9 cm³/mol. The minimum absolute atomic E-state index is 0.350. The molecule has 2 N–H and O–H groups in total. The number of hydrogen-bond acceptors (Lipinski definition) is 6. The van der Waals surface area contributed by atoms with E-state index in [0.29, 0.717) is 5.95 Å². The smallest absolute Gasteiger partial charge is 0.222 e. The van der Waals surface area contributed by atoms with Crippen LogP contribution in [0.5, 0.6) is 0 Å². The summed E-state index contributed by atoms with van der Waals surface area (Å²) in [5.74, 6) is 1.28. The van der Waals surface area contributed by atoms with E-state index >= 15 is 0 Å². The number of aromatic nitrogens is 3. The summed E-state index contributed by atoms with van der Waals surface area (Å²) in [7, 11) is 0. The minimum Gasteiger partial charge on any atom is -0.368 e. The lowest BCUT2D eigenvalue weighted by Gasteiger charge is -2.35. The van der Waals surface area contributed by atoms with Crippen LogP contribution < -0.4 is 10.6 Å². The molecule has 0 aromatic carbocycles. The van der Waals surface area contributed by atoms with Gasteiger partial charge in [-0.3, -0.25) is 9.88 Å². The van der Waals surface area contributed by atoms with E-state index in [9.17, 15) is 0 Å². The molecule has 2 aromatic heterocycles. The van der Waals surface area contributed by atoms with Crippen LogP contribution in [0.1, 0.15) is 11.3 Å². The van der Waals surface area contributed by atoms with Gasteiger partial charge in [0.2, 0.25) is 5.95 Å². The third-order valence-electron chi connectivity index (χ3n) is 3.68. The number of piperazine rings is 1. The van der Waals surface area contributed by atoms with Crippen LogP contribution in [0.3, 0.4) is 0 Å². The van der Waals surface area contributed by atoms with Crippen LogP contribution in [0.4, 0.5) is 11.8 Å². The average molecular weight is 284 g/mol. The van der Waals surface area contributed by atoms with E-state index in [0.717, 1.165) is 44.2 Å². The van der Waals surface area contributed by atoms with E-state index in [2.05, 4.69) is 30.8 Å². The standard InChI is InChI=1S/C15H20N6/c1-12-9-14(19-15(16)18-12)21-7-5-20(6-8-21)11-13-3-2-4-17-10-13/h2-4,9-10H,5-8,11H2,1H3,(H2,16,18,19). The molecule has 0 spiro atoms. The Labute approximate surface area is 124 Å². The summed E-state index contributed by atoms with van der Waals surface area (Å²) < 4.78 is 0. The molecule has 2 aromatic rings. The van der Waals surface area contributed by atoms with Gasteiger partial charge in [-0.1, -0.05) is 6.07 Å². The number of nitrogen functional groups attached to an aromatic ring is 1. The first-order chi connectivity index (χ1) is 10.2. The zero-order valence-corrected chi connectivity index (χ0v) is 12.2. The zero-order valence-electron chi connectivity index (χ0n) is 12.2. The maximum Gasteiger partial charge on any atom is 0.222 e. The maximum absolute atomic E-state index is 5.73. The van der Waals surface area contributed by atoms with Gasteiger partial charge < -0.3 is 10.6 Å². The van der Waals surface area contributed by atoms with Crippen LogP contribution in [0.15, 0.2) is 30.6 Å². The molecule has 110 valence electrons. The molecule has 3 rings (SSSR count). The highest BCUT2D eigenvalue weighted by atomic mass is 15.3. The van der Waals surface area contributed by atoms with Crippen molar-refractivity contribution in [3.63, 3.8) is 0 Å². The Morgan fingerprint density at radius 2 is 2.00 bits per heavy atom. The van der Waals surface area contributed by atoms with Crippen LogP contribution in [0.2, 0.25) is 0 Å². The van der Waals surface area contributed by atoms with E-state index in [1.54, 1.807) is 0 Å². The minimum atomic E-state index is 0.350. The van der Waals surface area contributed by atoms with Crippen molar-refractivity contribution < 1.29 is 0 Å². The Kier molecular flexibility index (Phi) is 3.96. The van der Waals surface area contributed by atoms with E-state index in [4.69, 9.17) is 5.73 Å². The fourth-order valence-electron chi connectivity index (χ4n) is 2.62. The largest absolute Gasteiger partial charge is 0.368 e. The van der Waals surface area contributed by atoms with Gasteiger partial charge in [0.25, 0.3) is 0 Å². The van der Waals surface area contributed by atoms with Crippen molar-refractivity contribution in [2.45, 2.75) is 13.5 Å². The molecule has 1 aliphatic heterocycles. The zero-order chi connectivity index (χ0) is 14.7. The molecule has 0 amide bonds. The molecule has 3 heterocycles. The van der Waals surface area contributed by atoms with Gasteiger partial charge in [0.05, 0.1) is 0 Å². The highest BCUT2D eigenvalue weighted by molar-refractivity contribution is 5.43. The molecule has 0 saturated carbocycles. The van der Waals surface area contributed by atoms with Crippen molar-refractivity contribution in [2.24, 2.45) is 0 Å². The Balaban J connectivity index is 1.60. The number of pyridine rings is 1. The second-order valence-electron chi connectivity index (χ2n) is 5.35. The first-order valence-electron chi connectivity index (χ1n) is 7.18. The molecule has 1 aliphatic rings. The molecule has 6 heteroatoms. The van der Waals surface area contributed by atoms with Gasteiger partial charge in [0.15, 0.2) is 0 Å². The third kappa shape index (κ3) is 3.46. The molecule has 0 aliphatic carbocycles. The second kappa shape index (κ2) is 6.05. The SMILES string of the molecule is Cc1cc(N2CCN(Cc3cccnc3)CC2)nc(N)n1. The third-order valence-corrected chi connectivity index (χ3v) is 3.68. The van der Waals surface area contributed by atoms with Gasteiger partial charge in [0.1, 0.15) is 5.82 Å².